The summed E-state index contributed by atoms with van der Waals surface area (Å²) in [5, 5.41) is 3.47. The maximum atomic E-state index is 12.8. The average molecular weight is 317 g/mol. The number of hydrogen-bond donors (Lipinski definition) is 1. The van der Waals surface area contributed by atoms with E-state index in [1.165, 1.54) is 0 Å². The van der Waals surface area contributed by atoms with Crippen molar-refractivity contribution in [3.05, 3.63) is 0 Å². The summed E-state index contributed by atoms with van der Waals surface area (Å²) in [5.41, 5.74) is 0. The summed E-state index contributed by atoms with van der Waals surface area (Å²) in [7, 11) is -1.52. The number of nitrogens with one attached hydrogen (secondary N) is 1. The maximum Gasteiger partial charge on any atom is 0.282 e. The van der Waals surface area contributed by atoms with E-state index in [0.717, 1.165) is 51.5 Å². The number of piperidine rings is 1. The Morgan fingerprint density at radius 3 is 2.38 bits per heavy atom. The monoisotopic (exact) mass is 317 g/mol. The minimum atomic E-state index is -3.29. The van der Waals surface area contributed by atoms with Crippen LogP contribution >= 0.6 is 0 Å². The van der Waals surface area contributed by atoms with Gasteiger partial charge >= 0.3 is 0 Å². The van der Waals surface area contributed by atoms with Gasteiger partial charge in [-0.05, 0) is 52.0 Å². The van der Waals surface area contributed by atoms with Crippen molar-refractivity contribution in [2.45, 2.75) is 76.9 Å². The second-order valence-corrected chi connectivity index (χ2v) is 8.48. The van der Waals surface area contributed by atoms with Crippen LogP contribution in [0.5, 0.6) is 0 Å². The molecular formula is C15H31N3O2S. The fourth-order valence-corrected chi connectivity index (χ4v) is 5.54. The molecule has 21 heavy (non-hydrogen) atoms. The molecular weight excluding hydrogens is 286 g/mol. The van der Waals surface area contributed by atoms with Gasteiger partial charge in [-0.15, -0.1) is 0 Å². The van der Waals surface area contributed by atoms with E-state index in [9.17, 15) is 8.42 Å². The average Bonchev–Trinajstić information content (AvgIpc) is 2.48. The van der Waals surface area contributed by atoms with Gasteiger partial charge in [-0.3, -0.25) is 0 Å². The normalized spacial score (nSPS) is 32.5. The number of rotatable bonds is 5. The molecule has 0 bridgehead atoms. The molecule has 0 aromatic heterocycles. The van der Waals surface area contributed by atoms with E-state index in [0.29, 0.717) is 12.6 Å². The van der Waals surface area contributed by atoms with Crippen LogP contribution in [0.2, 0.25) is 0 Å². The number of nitrogens with zero attached hydrogens (tertiary/aromatic N) is 2. The molecule has 5 nitrogen and oxygen atoms in total. The molecule has 1 atom stereocenters. The van der Waals surface area contributed by atoms with E-state index in [4.69, 9.17) is 0 Å². The summed E-state index contributed by atoms with van der Waals surface area (Å²) in [4.78, 5) is 0. The molecule has 124 valence electrons. The molecule has 1 N–H and O–H groups in total. The molecule has 2 fully saturated rings. The Balaban J connectivity index is 1.97. The van der Waals surface area contributed by atoms with Crippen LogP contribution in [0, 0.1) is 0 Å². The van der Waals surface area contributed by atoms with Crippen LogP contribution in [0.25, 0.3) is 0 Å². The van der Waals surface area contributed by atoms with E-state index >= 15 is 0 Å². The van der Waals surface area contributed by atoms with Crippen molar-refractivity contribution < 1.29 is 8.42 Å². The molecule has 0 aromatic carbocycles. The van der Waals surface area contributed by atoms with E-state index in [2.05, 4.69) is 12.2 Å². The fraction of sp³-hybridized carbons (Fsp3) is 1.00. The summed E-state index contributed by atoms with van der Waals surface area (Å²) < 4.78 is 29.0. The molecule has 6 heteroatoms. The molecule has 2 aliphatic rings. The number of hydrogen-bond acceptors (Lipinski definition) is 3. The topological polar surface area (TPSA) is 52.7 Å². The molecule has 1 unspecified atom stereocenters. The minimum Gasteiger partial charge on any atom is -0.314 e. The molecule has 1 saturated carbocycles. The molecule has 0 radical (unpaired) electrons. The van der Waals surface area contributed by atoms with E-state index < -0.39 is 10.2 Å². The lowest BCUT2D eigenvalue weighted by Crippen LogP contribution is -2.52. The second kappa shape index (κ2) is 7.40. The zero-order chi connectivity index (χ0) is 15.5. The van der Waals surface area contributed by atoms with Gasteiger partial charge in [0, 0.05) is 31.7 Å². The summed E-state index contributed by atoms with van der Waals surface area (Å²) in [6.07, 6.45) is 7.21. The Morgan fingerprint density at radius 1 is 1.14 bits per heavy atom. The lowest BCUT2D eigenvalue weighted by Gasteiger charge is -2.40. The molecule has 2 rings (SSSR count). The predicted octanol–water partition coefficient (Wildman–Crippen LogP) is 1.96. The Hall–Kier alpha value is -0.170. The van der Waals surface area contributed by atoms with E-state index in [1.54, 1.807) is 15.7 Å². The van der Waals surface area contributed by atoms with Gasteiger partial charge in [-0.2, -0.15) is 17.0 Å². The van der Waals surface area contributed by atoms with Gasteiger partial charge in [0.05, 0.1) is 0 Å². The lowest BCUT2D eigenvalue weighted by molar-refractivity contribution is 0.211. The third-order valence-corrected chi connectivity index (χ3v) is 7.27. The first kappa shape index (κ1) is 17.2. The minimum absolute atomic E-state index is 0.143. The van der Waals surface area contributed by atoms with Crippen molar-refractivity contribution in [2.75, 3.05) is 20.1 Å². The molecule has 1 heterocycles. The fourth-order valence-electron chi connectivity index (χ4n) is 3.70. The second-order valence-electron chi connectivity index (χ2n) is 6.54. The third-order valence-electron chi connectivity index (χ3n) is 5.11. The van der Waals surface area contributed by atoms with Crippen LogP contribution in [-0.4, -0.2) is 55.3 Å². The molecule has 1 aliphatic heterocycles. The van der Waals surface area contributed by atoms with Gasteiger partial charge in [0.25, 0.3) is 10.2 Å². The first-order valence-electron chi connectivity index (χ1n) is 8.45. The third kappa shape index (κ3) is 3.97. The highest BCUT2D eigenvalue weighted by molar-refractivity contribution is 7.86. The van der Waals surface area contributed by atoms with Crippen LogP contribution in [0.1, 0.15) is 58.8 Å². The molecule has 0 spiro atoms. The lowest BCUT2D eigenvalue weighted by atomic mass is 9.91. The van der Waals surface area contributed by atoms with Crippen LogP contribution in [0.15, 0.2) is 0 Å². The van der Waals surface area contributed by atoms with Gasteiger partial charge in [0.1, 0.15) is 0 Å². The van der Waals surface area contributed by atoms with Crippen molar-refractivity contribution in [1.82, 2.24) is 13.9 Å². The van der Waals surface area contributed by atoms with Crippen LogP contribution in [0.4, 0.5) is 0 Å². The Kier molecular flexibility index (Phi) is 6.05. The zero-order valence-corrected chi connectivity index (χ0v) is 14.5. The van der Waals surface area contributed by atoms with Gasteiger partial charge in [-0.25, -0.2) is 0 Å². The van der Waals surface area contributed by atoms with Crippen molar-refractivity contribution >= 4 is 10.2 Å². The highest BCUT2D eigenvalue weighted by Crippen LogP contribution is 2.28. The SMILES string of the molecule is CCNC1CCC(N(C)S(=O)(=O)N2CCCCC2C)CC1. The zero-order valence-electron chi connectivity index (χ0n) is 13.7. The quantitative estimate of drug-likeness (QED) is 0.843. The first-order chi connectivity index (χ1) is 9.96. The van der Waals surface area contributed by atoms with Gasteiger partial charge < -0.3 is 5.32 Å². The molecule has 1 aliphatic carbocycles. The molecule has 1 saturated heterocycles. The molecule has 0 aromatic rings. The van der Waals surface area contributed by atoms with Crippen molar-refractivity contribution in [1.29, 1.82) is 0 Å². The highest BCUT2D eigenvalue weighted by atomic mass is 32.2. The van der Waals surface area contributed by atoms with Crippen molar-refractivity contribution in [3.8, 4) is 0 Å². The van der Waals surface area contributed by atoms with Gasteiger partial charge in [0.15, 0.2) is 0 Å². The van der Waals surface area contributed by atoms with Gasteiger partial charge in [0.2, 0.25) is 0 Å². The highest BCUT2D eigenvalue weighted by Gasteiger charge is 2.37. The van der Waals surface area contributed by atoms with E-state index in [1.807, 2.05) is 6.92 Å². The Morgan fingerprint density at radius 2 is 1.81 bits per heavy atom. The smallest absolute Gasteiger partial charge is 0.282 e. The largest absolute Gasteiger partial charge is 0.314 e. The maximum absolute atomic E-state index is 12.8. The van der Waals surface area contributed by atoms with Gasteiger partial charge in [-0.1, -0.05) is 13.3 Å². The molecule has 0 amide bonds. The summed E-state index contributed by atoms with van der Waals surface area (Å²) in [5.74, 6) is 0. The van der Waals surface area contributed by atoms with Crippen LogP contribution in [-0.2, 0) is 10.2 Å². The predicted molar refractivity (Wildman–Crippen MR) is 86.4 cm³/mol. The summed E-state index contributed by atoms with van der Waals surface area (Å²) >= 11 is 0. The first-order valence-corrected chi connectivity index (χ1v) is 9.84. The van der Waals surface area contributed by atoms with Crippen LogP contribution in [0.3, 0.4) is 0 Å². The Labute approximate surface area is 130 Å². The van der Waals surface area contributed by atoms with E-state index in [-0.39, 0.29) is 12.1 Å². The van der Waals surface area contributed by atoms with Crippen LogP contribution < -0.4 is 5.32 Å². The van der Waals surface area contributed by atoms with Crippen molar-refractivity contribution in [2.24, 2.45) is 0 Å². The standard InChI is InChI=1S/C15H31N3O2S/c1-4-16-14-8-10-15(11-9-14)17(3)21(19,20)18-12-6-5-7-13(18)2/h13-16H,4-12H2,1-3H3. The Bertz CT molecular complexity index is 419. The summed E-state index contributed by atoms with van der Waals surface area (Å²) in [6.45, 7) is 5.84. The summed E-state index contributed by atoms with van der Waals surface area (Å²) in [6, 6.07) is 0.875. The van der Waals surface area contributed by atoms with Crippen molar-refractivity contribution in [3.63, 3.8) is 0 Å².